The highest BCUT2D eigenvalue weighted by atomic mass is 16.5. The molecule has 0 aliphatic rings. The van der Waals surface area contributed by atoms with Crippen LogP contribution in [-0.2, 0) is 6.54 Å². The molecule has 0 radical (unpaired) electrons. The Kier molecular flexibility index (Phi) is 8.87. The van der Waals surface area contributed by atoms with Crippen molar-refractivity contribution in [2.45, 2.75) is 33.7 Å². The van der Waals surface area contributed by atoms with Crippen molar-refractivity contribution in [3.8, 4) is 11.5 Å². The number of nitrogens with two attached hydrogens (primary N) is 1. The molecule has 0 aliphatic carbocycles. The highest BCUT2D eigenvalue weighted by molar-refractivity contribution is 5.42. The van der Waals surface area contributed by atoms with Crippen LogP contribution in [0.5, 0.6) is 11.5 Å². The lowest BCUT2D eigenvalue weighted by Crippen LogP contribution is -3.11. The van der Waals surface area contributed by atoms with Crippen LogP contribution in [0.3, 0.4) is 0 Å². The summed E-state index contributed by atoms with van der Waals surface area (Å²) in [4.78, 5) is 1.69. The van der Waals surface area contributed by atoms with Crippen molar-refractivity contribution >= 4 is 0 Å². The van der Waals surface area contributed by atoms with Gasteiger partial charge >= 0.3 is 0 Å². The van der Waals surface area contributed by atoms with Crippen molar-refractivity contribution in [3.05, 3.63) is 23.8 Å². The maximum Gasteiger partial charge on any atom is 0.161 e. The quantitative estimate of drug-likeness (QED) is 0.583. The van der Waals surface area contributed by atoms with E-state index in [1.54, 1.807) is 12.0 Å². The summed E-state index contributed by atoms with van der Waals surface area (Å²) in [7, 11) is 1.69. The fourth-order valence-corrected chi connectivity index (χ4v) is 2.48. The number of rotatable bonds is 11. The van der Waals surface area contributed by atoms with Gasteiger partial charge in [0.1, 0.15) is 6.54 Å². The second-order valence-corrected chi connectivity index (χ2v) is 5.26. The van der Waals surface area contributed by atoms with Gasteiger partial charge in [-0.1, -0.05) is 0 Å². The van der Waals surface area contributed by atoms with Gasteiger partial charge in [-0.05, 0) is 39.0 Å². The van der Waals surface area contributed by atoms with Gasteiger partial charge in [-0.3, -0.25) is 0 Å². The Morgan fingerprint density at radius 1 is 1.10 bits per heavy atom. The van der Waals surface area contributed by atoms with Crippen LogP contribution in [0.15, 0.2) is 18.2 Å². The molecular formula is C17H32N2O2+2. The van der Waals surface area contributed by atoms with E-state index in [1.165, 1.54) is 38.2 Å². The van der Waals surface area contributed by atoms with Crippen LogP contribution in [-0.4, -0.2) is 39.9 Å². The normalized spacial score (nSPS) is 10.9. The van der Waals surface area contributed by atoms with Crippen LogP contribution in [0.4, 0.5) is 0 Å². The van der Waals surface area contributed by atoms with Crippen LogP contribution < -0.4 is 19.7 Å². The molecule has 0 bridgehead atoms. The Bertz CT molecular complexity index is 392. The first-order valence-corrected chi connectivity index (χ1v) is 8.20. The molecule has 21 heavy (non-hydrogen) atoms. The Labute approximate surface area is 129 Å². The number of quaternary nitrogens is 2. The van der Waals surface area contributed by atoms with Gasteiger partial charge in [0.25, 0.3) is 0 Å². The van der Waals surface area contributed by atoms with Crippen molar-refractivity contribution in [1.82, 2.24) is 0 Å². The van der Waals surface area contributed by atoms with Crippen molar-refractivity contribution in [1.29, 1.82) is 0 Å². The Hall–Kier alpha value is -1.26. The molecule has 1 rings (SSSR count). The van der Waals surface area contributed by atoms with Crippen LogP contribution in [0, 0.1) is 0 Å². The van der Waals surface area contributed by atoms with Crippen LogP contribution >= 0.6 is 0 Å². The fraction of sp³-hybridized carbons (Fsp3) is 0.647. The molecule has 0 aliphatic heterocycles. The van der Waals surface area contributed by atoms with Gasteiger partial charge in [-0.25, -0.2) is 0 Å². The van der Waals surface area contributed by atoms with E-state index in [0.717, 1.165) is 18.0 Å². The van der Waals surface area contributed by atoms with Gasteiger partial charge in [-0.2, -0.15) is 0 Å². The molecule has 1 aromatic rings. The summed E-state index contributed by atoms with van der Waals surface area (Å²) in [6.45, 7) is 13.1. The molecule has 1 aromatic carbocycles. The molecule has 4 heteroatoms. The van der Waals surface area contributed by atoms with E-state index < -0.39 is 0 Å². The lowest BCUT2D eigenvalue weighted by atomic mass is 10.2. The highest BCUT2D eigenvalue weighted by Crippen LogP contribution is 2.27. The third-order valence-corrected chi connectivity index (χ3v) is 3.85. The van der Waals surface area contributed by atoms with E-state index in [0.29, 0.717) is 6.61 Å². The van der Waals surface area contributed by atoms with Gasteiger partial charge in [0.05, 0.1) is 39.9 Å². The smallest absolute Gasteiger partial charge is 0.161 e. The third-order valence-electron chi connectivity index (χ3n) is 3.85. The monoisotopic (exact) mass is 296 g/mol. The molecule has 0 amide bonds. The highest BCUT2D eigenvalue weighted by Gasteiger charge is 2.07. The van der Waals surface area contributed by atoms with Gasteiger partial charge in [0, 0.05) is 12.0 Å². The average Bonchev–Trinajstić information content (AvgIpc) is 2.52. The molecule has 0 atom stereocenters. The zero-order chi connectivity index (χ0) is 15.5. The van der Waals surface area contributed by atoms with Crippen LogP contribution in [0.25, 0.3) is 0 Å². The SMILES string of the molecule is CCOc1ccc(C[NH2+]CCC[NH+](CC)CC)cc1OC. The lowest BCUT2D eigenvalue weighted by Gasteiger charge is -2.14. The average molecular weight is 296 g/mol. The maximum absolute atomic E-state index is 5.54. The van der Waals surface area contributed by atoms with E-state index in [1.807, 2.05) is 13.0 Å². The molecule has 0 spiro atoms. The molecule has 0 unspecified atom stereocenters. The summed E-state index contributed by atoms with van der Waals surface area (Å²) < 4.78 is 10.9. The first kappa shape index (κ1) is 17.8. The predicted octanol–water partition coefficient (Wildman–Crippen LogP) is 0.472. The number of benzene rings is 1. The third kappa shape index (κ3) is 6.36. The minimum Gasteiger partial charge on any atom is -0.493 e. The zero-order valence-electron chi connectivity index (χ0n) is 14.1. The van der Waals surface area contributed by atoms with E-state index in [4.69, 9.17) is 9.47 Å². The van der Waals surface area contributed by atoms with E-state index in [9.17, 15) is 0 Å². The van der Waals surface area contributed by atoms with Crippen molar-refractivity contribution in [2.24, 2.45) is 0 Å². The molecular weight excluding hydrogens is 264 g/mol. The zero-order valence-corrected chi connectivity index (χ0v) is 14.1. The number of methoxy groups -OCH3 is 1. The number of hydrogen-bond acceptors (Lipinski definition) is 2. The van der Waals surface area contributed by atoms with Crippen LogP contribution in [0.1, 0.15) is 32.8 Å². The van der Waals surface area contributed by atoms with E-state index in [-0.39, 0.29) is 0 Å². The first-order valence-electron chi connectivity index (χ1n) is 8.20. The number of nitrogens with one attached hydrogen (secondary N) is 1. The van der Waals surface area contributed by atoms with Gasteiger partial charge in [0.15, 0.2) is 11.5 Å². The minimum atomic E-state index is 0.662. The summed E-state index contributed by atoms with van der Waals surface area (Å²) >= 11 is 0. The second kappa shape index (κ2) is 10.5. The molecule has 4 nitrogen and oxygen atoms in total. The molecule has 0 saturated heterocycles. The summed E-state index contributed by atoms with van der Waals surface area (Å²) in [5, 5.41) is 2.37. The molecule has 0 saturated carbocycles. The molecule has 3 N–H and O–H groups in total. The Morgan fingerprint density at radius 2 is 1.86 bits per heavy atom. The van der Waals surface area contributed by atoms with Crippen molar-refractivity contribution in [2.75, 3.05) is 39.9 Å². The second-order valence-electron chi connectivity index (χ2n) is 5.26. The molecule has 0 fully saturated rings. The first-order chi connectivity index (χ1) is 10.2. The van der Waals surface area contributed by atoms with Gasteiger partial charge in [0.2, 0.25) is 0 Å². The van der Waals surface area contributed by atoms with Crippen molar-refractivity contribution < 1.29 is 19.7 Å². The van der Waals surface area contributed by atoms with Crippen LogP contribution in [0.2, 0.25) is 0 Å². The summed E-state index contributed by atoms with van der Waals surface area (Å²) in [5.74, 6) is 1.66. The number of ether oxygens (including phenoxy) is 2. The standard InChI is InChI=1S/C17H30N2O2/c1-5-19(6-2)12-8-11-18-14-15-9-10-16(21-7-3)17(13-15)20-4/h9-10,13,18H,5-8,11-12,14H2,1-4H3/p+2. The van der Waals surface area contributed by atoms with Gasteiger partial charge in [-0.15, -0.1) is 0 Å². The molecule has 0 heterocycles. The fourth-order valence-electron chi connectivity index (χ4n) is 2.48. The van der Waals surface area contributed by atoms with Crippen molar-refractivity contribution in [3.63, 3.8) is 0 Å². The molecule has 0 aromatic heterocycles. The van der Waals surface area contributed by atoms with Gasteiger partial charge < -0.3 is 19.7 Å². The number of hydrogen-bond donors (Lipinski definition) is 2. The minimum absolute atomic E-state index is 0.662. The van der Waals surface area contributed by atoms with E-state index in [2.05, 4.69) is 31.3 Å². The molecule has 120 valence electrons. The topological polar surface area (TPSA) is 39.5 Å². The largest absolute Gasteiger partial charge is 0.493 e. The van der Waals surface area contributed by atoms with E-state index >= 15 is 0 Å². The Balaban J connectivity index is 2.35. The summed E-state index contributed by atoms with van der Waals surface area (Å²) in [6, 6.07) is 6.21. The Morgan fingerprint density at radius 3 is 2.48 bits per heavy atom. The summed E-state index contributed by atoms with van der Waals surface area (Å²) in [6.07, 6.45) is 1.27. The lowest BCUT2D eigenvalue weighted by molar-refractivity contribution is -0.898. The summed E-state index contributed by atoms with van der Waals surface area (Å²) in [5.41, 5.74) is 1.28. The maximum atomic E-state index is 5.54. The predicted molar refractivity (Wildman–Crippen MR) is 86.2 cm³/mol.